The first kappa shape index (κ1) is 20.5. The summed E-state index contributed by atoms with van der Waals surface area (Å²) >= 11 is 0. The number of hydrogen-bond donors (Lipinski definition) is 3. The number of rotatable bonds is 7. The van der Waals surface area contributed by atoms with Gasteiger partial charge < -0.3 is 20.3 Å². The molecule has 2 atom stereocenters. The largest absolute Gasteiger partial charge is 0.495 e. The molecule has 0 saturated carbocycles. The van der Waals surface area contributed by atoms with Crippen LogP contribution in [0.4, 0.5) is 11.4 Å². The van der Waals surface area contributed by atoms with E-state index < -0.39 is 6.04 Å². The number of nitrogens with one attached hydrogen (secondary N) is 3. The van der Waals surface area contributed by atoms with Crippen LogP contribution in [-0.4, -0.2) is 38.6 Å². The number of hydrogen-bond acceptors (Lipinski definition) is 3. The summed E-state index contributed by atoms with van der Waals surface area (Å²) in [4.78, 5) is 25.7. The minimum Gasteiger partial charge on any atom is -0.495 e. The van der Waals surface area contributed by atoms with E-state index in [4.69, 9.17) is 4.74 Å². The Bertz CT molecular complexity index is 820. The van der Waals surface area contributed by atoms with E-state index in [0.717, 1.165) is 21.7 Å². The number of benzene rings is 2. The molecule has 2 amide bonds. The summed E-state index contributed by atoms with van der Waals surface area (Å²) in [5.41, 5.74) is 3.59. The number of likely N-dealkylation sites (N-methyl/N-ethyl adjacent to an activating group) is 1. The number of amides is 2. The van der Waals surface area contributed by atoms with Crippen molar-refractivity contribution in [1.29, 1.82) is 0 Å². The average molecular weight is 370 g/mol. The van der Waals surface area contributed by atoms with E-state index in [1.807, 2.05) is 51.2 Å². The maximum Gasteiger partial charge on any atom is 0.282 e. The van der Waals surface area contributed by atoms with Crippen molar-refractivity contribution in [3.05, 3.63) is 53.6 Å². The Morgan fingerprint density at radius 2 is 1.70 bits per heavy atom. The summed E-state index contributed by atoms with van der Waals surface area (Å²) in [6.07, 6.45) is 0. The molecule has 0 spiro atoms. The first-order valence-corrected chi connectivity index (χ1v) is 8.95. The standard InChI is InChI=1S/C21H27N3O3/c1-14-9-8-11-17(15(14)2)22-20(25)13-24(4)16(3)21(26)23-18-10-6-7-12-19(18)27-5/h6-12,16H,13H2,1-5H3,(H,22,25)(H,23,26)/p+1/t16-/m1/s1. The molecule has 27 heavy (non-hydrogen) atoms. The molecule has 2 rings (SSSR count). The van der Waals surface area contributed by atoms with E-state index in [2.05, 4.69) is 10.6 Å². The van der Waals surface area contributed by atoms with Gasteiger partial charge in [0.1, 0.15) is 5.75 Å². The second-order valence-corrected chi connectivity index (χ2v) is 6.73. The van der Waals surface area contributed by atoms with Crippen molar-refractivity contribution in [3.63, 3.8) is 0 Å². The van der Waals surface area contributed by atoms with Gasteiger partial charge in [0, 0.05) is 5.69 Å². The predicted octanol–water partition coefficient (Wildman–Crippen LogP) is 1.79. The zero-order valence-electron chi connectivity index (χ0n) is 16.6. The molecule has 144 valence electrons. The van der Waals surface area contributed by atoms with Crippen molar-refractivity contribution in [2.45, 2.75) is 26.8 Å². The maximum atomic E-state index is 12.5. The van der Waals surface area contributed by atoms with E-state index >= 15 is 0 Å². The Labute approximate surface area is 160 Å². The third kappa shape index (κ3) is 5.31. The van der Waals surface area contributed by atoms with Crippen molar-refractivity contribution >= 4 is 23.2 Å². The van der Waals surface area contributed by atoms with Gasteiger partial charge in [0.15, 0.2) is 12.6 Å². The van der Waals surface area contributed by atoms with E-state index in [-0.39, 0.29) is 18.4 Å². The highest BCUT2D eigenvalue weighted by Gasteiger charge is 2.25. The minimum atomic E-state index is -0.403. The molecule has 6 heteroatoms. The normalized spacial score (nSPS) is 12.8. The molecular formula is C21H28N3O3+. The first-order chi connectivity index (χ1) is 12.8. The summed E-state index contributed by atoms with van der Waals surface area (Å²) in [7, 11) is 3.39. The zero-order valence-corrected chi connectivity index (χ0v) is 16.6. The van der Waals surface area contributed by atoms with Gasteiger partial charge in [-0.15, -0.1) is 0 Å². The van der Waals surface area contributed by atoms with Gasteiger partial charge in [-0.05, 0) is 50.1 Å². The van der Waals surface area contributed by atoms with E-state index in [1.165, 1.54) is 0 Å². The molecule has 0 aliphatic carbocycles. The lowest BCUT2D eigenvalue weighted by Crippen LogP contribution is -3.14. The van der Waals surface area contributed by atoms with Crippen LogP contribution in [0.5, 0.6) is 5.75 Å². The summed E-state index contributed by atoms with van der Waals surface area (Å²) in [5, 5.41) is 5.80. The van der Waals surface area contributed by atoms with Crippen LogP contribution in [0.2, 0.25) is 0 Å². The van der Waals surface area contributed by atoms with E-state index in [0.29, 0.717) is 11.4 Å². The van der Waals surface area contributed by atoms with Crippen molar-refractivity contribution < 1.29 is 19.2 Å². The molecule has 3 N–H and O–H groups in total. The Balaban J connectivity index is 1.95. The fraction of sp³-hybridized carbons (Fsp3) is 0.333. The van der Waals surface area contributed by atoms with Gasteiger partial charge in [0.2, 0.25) is 0 Å². The molecule has 0 radical (unpaired) electrons. The van der Waals surface area contributed by atoms with E-state index in [9.17, 15) is 9.59 Å². The molecule has 1 unspecified atom stereocenters. The van der Waals surface area contributed by atoms with Crippen LogP contribution in [0.3, 0.4) is 0 Å². The fourth-order valence-electron chi connectivity index (χ4n) is 2.70. The first-order valence-electron chi connectivity index (χ1n) is 8.95. The third-order valence-electron chi connectivity index (χ3n) is 4.82. The van der Waals surface area contributed by atoms with Crippen LogP contribution >= 0.6 is 0 Å². The van der Waals surface area contributed by atoms with E-state index in [1.54, 1.807) is 26.2 Å². The molecule has 2 aromatic carbocycles. The van der Waals surface area contributed by atoms with Gasteiger partial charge >= 0.3 is 0 Å². The van der Waals surface area contributed by atoms with Crippen molar-refractivity contribution in [3.8, 4) is 5.75 Å². The molecule has 0 aliphatic heterocycles. The number of aryl methyl sites for hydroxylation is 1. The van der Waals surface area contributed by atoms with Gasteiger partial charge in [-0.1, -0.05) is 24.3 Å². The van der Waals surface area contributed by atoms with Gasteiger partial charge in [0.05, 0.1) is 19.8 Å². The Morgan fingerprint density at radius 3 is 2.41 bits per heavy atom. The van der Waals surface area contributed by atoms with Crippen molar-refractivity contribution in [2.75, 3.05) is 31.3 Å². The minimum absolute atomic E-state index is 0.127. The molecule has 0 saturated heterocycles. The summed E-state index contributed by atoms with van der Waals surface area (Å²) in [6, 6.07) is 12.6. The fourth-order valence-corrected chi connectivity index (χ4v) is 2.70. The second-order valence-electron chi connectivity index (χ2n) is 6.73. The lowest BCUT2D eigenvalue weighted by molar-refractivity contribution is -0.885. The SMILES string of the molecule is COc1ccccc1NC(=O)[C@@H](C)[NH+](C)CC(=O)Nc1cccc(C)c1C. The summed E-state index contributed by atoms with van der Waals surface area (Å²) < 4.78 is 5.25. The molecule has 0 fully saturated rings. The average Bonchev–Trinajstić information content (AvgIpc) is 2.65. The molecule has 0 aromatic heterocycles. The van der Waals surface area contributed by atoms with Gasteiger partial charge in [-0.3, -0.25) is 9.59 Å². The molecule has 6 nitrogen and oxygen atoms in total. The van der Waals surface area contributed by atoms with Crippen LogP contribution in [0.15, 0.2) is 42.5 Å². The number of anilines is 2. The number of ether oxygens (including phenoxy) is 1. The second kappa shape index (κ2) is 9.19. The molecule has 0 aliphatic rings. The Kier molecular flexibility index (Phi) is 6.96. The van der Waals surface area contributed by atoms with Crippen LogP contribution in [0, 0.1) is 13.8 Å². The highest BCUT2D eigenvalue weighted by Crippen LogP contribution is 2.23. The highest BCUT2D eigenvalue weighted by molar-refractivity contribution is 5.95. The quantitative estimate of drug-likeness (QED) is 0.696. The predicted molar refractivity (Wildman–Crippen MR) is 107 cm³/mol. The summed E-state index contributed by atoms with van der Waals surface area (Å²) in [6.45, 7) is 5.97. The van der Waals surface area contributed by atoms with Gasteiger partial charge in [-0.2, -0.15) is 0 Å². The molecule has 2 aromatic rings. The van der Waals surface area contributed by atoms with Gasteiger partial charge in [-0.25, -0.2) is 0 Å². The highest BCUT2D eigenvalue weighted by atomic mass is 16.5. The number of carbonyl (C=O) groups excluding carboxylic acids is 2. The van der Waals surface area contributed by atoms with Crippen molar-refractivity contribution in [1.82, 2.24) is 0 Å². The number of carbonyl (C=O) groups is 2. The Hall–Kier alpha value is -2.86. The molecule has 0 bridgehead atoms. The van der Waals surface area contributed by atoms with Crippen molar-refractivity contribution in [2.24, 2.45) is 0 Å². The zero-order chi connectivity index (χ0) is 20.0. The van der Waals surface area contributed by atoms with Crippen LogP contribution in [-0.2, 0) is 9.59 Å². The third-order valence-corrected chi connectivity index (χ3v) is 4.82. The Morgan fingerprint density at radius 1 is 1.04 bits per heavy atom. The smallest absolute Gasteiger partial charge is 0.282 e. The van der Waals surface area contributed by atoms with Crippen LogP contribution in [0.1, 0.15) is 18.1 Å². The molecular weight excluding hydrogens is 342 g/mol. The monoisotopic (exact) mass is 370 g/mol. The lowest BCUT2D eigenvalue weighted by atomic mass is 10.1. The number of quaternary nitrogens is 1. The van der Waals surface area contributed by atoms with Crippen LogP contribution < -0.4 is 20.3 Å². The number of para-hydroxylation sites is 2. The number of methoxy groups -OCH3 is 1. The van der Waals surface area contributed by atoms with Crippen LogP contribution in [0.25, 0.3) is 0 Å². The van der Waals surface area contributed by atoms with Gasteiger partial charge in [0.25, 0.3) is 11.8 Å². The molecule has 0 heterocycles. The lowest BCUT2D eigenvalue weighted by Gasteiger charge is -2.21. The summed E-state index contributed by atoms with van der Waals surface area (Å²) in [5.74, 6) is 0.304. The topological polar surface area (TPSA) is 71.9 Å². The maximum absolute atomic E-state index is 12.5.